The predicted octanol–water partition coefficient (Wildman–Crippen LogP) is 4.49. The van der Waals surface area contributed by atoms with Crippen molar-refractivity contribution in [2.45, 2.75) is 11.8 Å². The third-order valence-corrected chi connectivity index (χ3v) is 5.29. The molecule has 0 radical (unpaired) electrons. The van der Waals surface area contributed by atoms with E-state index in [1.54, 1.807) is 31.2 Å². The van der Waals surface area contributed by atoms with Crippen LogP contribution in [0.3, 0.4) is 0 Å². The van der Waals surface area contributed by atoms with Crippen LogP contribution in [0.25, 0.3) is 10.8 Å². The van der Waals surface area contributed by atoms with Crippen molar-refractivity contribution in [2.75, 3.05) is 0 Å². The van der Waals surface area contributed by atoms with E-state index < -0.39 is 26.7 Å². The van der Waals surface area contributed by atoms with E-state index >= 15 is 0 Å². The van der Waals surface area contributed by atoms with E-state index in [2.05, 4.69) is 10.2 Å². The Hall–Kier alpha value is -1.53. The monoisotopic (exact) mass is 508 g/mol. The number of azo groups is 1. The van der Waals surface area contributed by atoms with Crippen molar-refractivity contribution in [3.8, 4) is 5.75 Å². The third kappa shape index (κ3) is 4.97. The summed E-state index contributed by atoms with van der Waals surface area (Å²) in [5.74, 6) is -1.99. The Morgan fingerprint density at radius 1 is 1.10 bits per heavy atom. The summed E-state index contributed by atoms with van der Waals surface area (Å²) in [6, 6.07) is 10.2. The first kappa shape index (κ1) is 23.7. The number of aryl methyl sites for hydroxylation is 1. The molecular formula is C18H13ClN2O6SSr+2. The topological polar surface area (TPSA) is 137 Å². The zero-order chi connectivity index (χ0) is 20.6. The molecule has 0 saturated heterocycles. The first-order chi connectivity index (χ1) is 13.1. The van der Waals surface area contributed by atoms with Crippen LogP contribution in [-0.2, 0) is 10.1 Å². The number of aromatic hydroxyl groups is 1. The molecule has 0 saturated carbocycles. The number of nitrogens with zero attached hydrogens (tertiary/aromatic N) is 2. The number of carboxylic acids is 1. The number of halogens is 1. The predicted molar refractivity (Wildman–Crippen MR) is 109 cm³/mol. The molecule has 0 aliphatic heterocycles. The summed E-state index contributed by atoms with van der Waals surface area (Å²) >= 11 is 6.01. The molecule has 29 heavy (non-hydrogen) atoms. The zero-order valence-electron chi connectivity index (χ0n) is 15.0. The van der Waals surface area contributed by atoms with Crippen LogP contribution < -0.4 is 0 Å². The molecule has 0 bridgehead atoms. The molecule has 8 nitrogen and oxygen atoms in total. The molecule has 0 unspecified atom stereocenters. The molecule has 3 aromatic rings. The number of hydrogen-bond acceptors (Lipinski definition) is 6. The van der Waals surface area contributed by atoms with Gasteiger partial charge in [-0.1, -0.05) is 35.9 Å². The van der Waals surface area contributed by atoms with Gasteiger partial charge in [-0.15, -0.1) is 10.2 Å². The van der Waals surface area contributed by atoms with Crippen LogP contribution in [0.1, 0.15) is 15.9 Å². The fourth-order valence-corrected chi connectivity index (χ4v) is 3.46. The third-order valence-electron chi connectivity index (χ3n) is 4.00. The standard InChI is InChI=1S/C18H13ClN2O6S.Sr/c1-9-6-15(28(25,26)27)14(8-13(9)19)20-21-16-11-5-3-2-4-10(11)7-12(17(16)22)18(23)24;/h2-8,22H,1H3,(H,23,24)(H,25,26,27);/q;+2. The molecule has 0 heterocycles. The van der Waals surface area contributed by atoms with Gasteiger partial charge < -0.3 is 10.2 Å². The fraction of sp³-hybridized carbons (Fsp3) is 0.0556. The van der Waals surface area contributed by atoms with Gasteiger partial charge in [0.2, 0.25) is 0 Å². The Kier molecular flexibility index (Phi) is 7.44. The van der Waals surface area contributed by atoms with Crippen LogP contribution in [0.4, 0.5) is 11.4 Å². The molecular weight excluding hydrogens is 495 g/mol. The minimum atomic E-state index is -4.62. The number of carbonyl (C=O) groups is 1. The molecule has 0 atom stereocenters. The van der Waals surface area contributed by atoms with E-state index in [0.29, 0.717) is 16.3 Å². The minimum absolute atomic E-state index is 0. The quantitative estimate of drug-likeness (QED) is 0.270. The Balaban J connectivity index is 0.00000300. The van der Waals surface area contributed by atoms with Crippen molar-refractivity contribution in [1.29, 1.82) is 0 Å². The second kappa shape index (κ2) is 9.09. The number of carboxylic acid groups (broad SMARTS) is 1. The largest absolute Gasteiger partial charge is 2.00 e. The van der Waals surface area contributed by atoms with Gasteiger partial charge in [0, 0.05) is 10.4 Å². The molecule has 0 aliphatic rings. The number of fused-ring (bicyclic) bond motifs is 1. The molecule has 11 heteroatoms. The summed E-state index contributed by atoms with van der Waals surface area (Å²) in [7, 11) is -4.62. The summed E-state index contributed by atoms with van der Waals surface area (Å²) in [5.41, 5.74) is -0.408. The summed E-state index contributed by atoms with van der Waals surface area (Å²) in [6.45, 7) is 1.55. The van der Waals surface area contributed by atoms with Gasteiger partial charge in [-0.25, -0.2) is 4.79 Å². The molecule has 0 spiro atoms. The molecule has 3 aromatic carbocycles. The van der Waals surface area contributed by atoms with Gasteiger partial charge in [0.05, 0.1) is 0 Å². The molecule has 3 rings (SSSR count). The van der Waals surface area contributed by atoms with Crippen LogP contribution in [0.2, 0.25) is 5.02 Å². The second-order valence-corrected chi connectivity index (χ2v) is 7.69. The van der Waals surface area contributed by atoms with Gasteiger partial charge in [-0.2, -0.15) is 8.42 Å². The van der Waals surface area contributed by atoms with Crippen LogP contribution in [0, 0.1) is 6.92 Å². The van der Waals surface area contributed by atoms with Crippen molar-refractivity contribution >= 4 is 95.3 Å². The average molecular weight is 508 g/mol. The number of hydrogen-bond donors (Lipinski definition) is 3. The Morgan fingerprint density at radius 2 is 1.76 bits per heavy atom. The van der Waals surface area contributed by atoms with Crippen molar-refractivity contribution in [1.82, 2.24) is 0 Å². The van der Waals surface area contributed by atoms with E-state index in [9.17, 15) is 28.0 Å². The molecule has 144 valence electrons. The van der Waals surface area contributed by atoms with Crippen molar-refractivity contribution in [3.05, 3.63) is 58.6 Å². The van der Waals surface area contributed by atoms with Gasteiger partial charge >= 0.3 is 51.5 Å². The van der Waals surface area contributed by atoms with Crippen molar-refractivity contribution < 1.29 is 28.0 Å². The maximum atomic E-state index is 11.6. The second-order valence-electron chi connectivity index (χ2n) is 5.89. The van der Waals surface area contributed by atoms with Crippen molar-refractivity contribution in [3.63, 3.8) is 0 Å². The first-order valence-corrected chi connectivity index (χ1v) is 9.58. The Morgan fingerprint density at radius 3 is 2.38 bits per heavy atom. The minimum Gasteiger partial charge on any atom is -0.505 e. The van der Waals surface area contributed by atoms with Gasteiger partial charge in [0.25, 0.3) is 10.1 Å². The van der Waals surface area contributed by atoms with E-state index in [1.807, 2.05) is 0 Å². The van der Waals surface area contributed by atoms with E-state index in [4.69, 9.17) is 11.6 Å². The summed E-state index contributed by atoms with van der Waals surface area (Å²) in [4.78, 5) is 10.9. The number of benzene rings is 3. The van der Waals surface area contributed by atoms with Crippen LogP contribution in [0.15, 0.2) is 57.6 Å². The molecule has 0 aliphatic carbocycles. The molecule has 0 amide bonds. The fourth-order valence-electron chi connectivity index (χ4n) is 2.61. The summed E-state index contributed by atoms with van der Waals surface area (Å²) in [6.07, 6.45) is 0. The van der Waals surface area contributed by atoms with Crippen LogP contribution in [-0.4, -0.2) is 74.6 Å². The Labute approximate surface area is 207 Å². The van der Waals surface area contributed by atoms with Gasteiger partial charge in [0.1, 0.15) is 21.8 Å². The first-order valence-electron chi connectivity index (χ1n) is 7.77. The molecule has 3 N–H and O–H groups in total. The maximum Gasteiger partial charge on any atom is 2.00 e. The summed E-state index contributed by atoms with van der Waals surface area (Å²) in [5, 5.41) is 28.4. The van der Waals surface area contributed by atoms with Gasteiger partial charge in [-0.3, -0.25) is 4.55 Å². The SMILES string of the molecule is Cc1cc(S(=O)(=O)O)c(N=Nc2c(O)c(C(=O)O)cc3ccccc23)cc1Cl.[Sr+2]. The zero-order valence-corrected chi connectivity index (χ0v) is 20.0. The van der Waals surface area contributed by atoms with E-state index in [0.717, 1.165) is 6.07 Å². The van der Waals surface area contributed by atoms with E-state index in [1.165, 1.54) is 12.1 Å². The maximum absolute atomic E-state index is 11.6. The van der Waals surface area contributed by atoms with Gasteiger partial charge in [0.15, 0.2) is 5.75 Å². The Bertz CT molecular complexity index is 1260. The molecule has 0 fully saturated rings. The molecule has 0 aromatic heterocycles. The normalized spacial score (nSPS) is 11.6. The van der Waals surface area contributed by atoms with E-state index in [-0.39, 0.29) is 67.4 Å². The van der Waals surface area contributed by atoms with Crippen molar-refractivity contribution in [2.24, 2.45) is 10.2 Å². The van der Waals surface area contributed by atoms with Crippen LogP contribution >= 0.6 is 11.6 Å². The van der Waals surface area contributed by atoms with Gasteiger partial charge in [-0.05, 0) is 36.1 Å². The number of aromatic carboxylic acids is 1. The van der Waals surface area contributed by atoms with Crippen LogP contribution in [0.5, 0.6) is 5.75 Å². The smallest absolute Gasteiger partial charge is 0.505 e. The average Bonchev–Trinajstić information content (AvgIpc) is 2.61. The number of rotatable bonds is 4. The summed E-state index contributed by atoms with van der Waals surface area (Å²) < 4.78 is 32.7. The number of phenols is 1.